The number of rotatable bonds is 5. The van der Waals surface area contributed by atoms with Gasteiger partial charge in [0.2, 0.25) is 0 Å². The van der Waals surface area contributed by atoms with Gasteiger partial charge in [0.25, 0.3) is 0 Å². The summed E-state index contributed by atoms with van der Waals surface area (Å²) in [6.45, 7) is 0.910. The highest BCUT2D eigenvalue weighted by Crippen LogP contribution is 2.18. The predicted octanol–water partition coefficient (Wildman–Crippen LogP) is 2.27. The summed E-state index contributed by atoms with van der Waals surface area (Å²) in [5.41, 5.74) is 1.25. The molecule has 1 aromatic rings. The molecule has 0 bridgehead atoms. The van der Waals surface area contributed by atoms with Crippen LogP contribution in [-0.2, 0) is 6.42 Å². The maximum atomic E-state index is 9.19. The maximum Gasteiger partial charge on any atom is 0.191 e. The Kier molecular flexibility index (Phi) is 6.97. The Morgan fingerprint density at radius 3 is 2.58 bits per heavy atom. The summed E-state index contributed by atoms with van der Waals surface area (Å²) in [6.07, 6.45) is 4.58. The molecule has 1 aliphatic carbocycles. The molecule has 1 saturated carbocycles. The average Bonchev–Trinajstić information content (AvgIpc) is 3.19. The zero-order valence-electron chi connectivity index (χ0n) is 11.2. The zero-order chi connectivity index (χ0) is 12.8. The minimum atomic E-state index is 0. The van der Waals surface area contributed by atoms with Crippen LogP contribution in [-0.4, -0.2) is 30.7 Å². The standard InChI is InChI=1S/C14H21N3O.HI/c1-15-14(17-12-6-7-12)16-10-2-3-11-4-8-13(18)9-5-11;/h4-5,8-9,12,18H,2-3,6-7,10H2,1H3,(H2,15,16,17);1H. The molecule has 4 nitrogen and oxygen atoms in total. The van der Waals surface area contributed by atoms with E-state index in [2.05, 4.69) is 15.6 Å². The first-order valence-electron chi connectivity index (χ1n) is 6.53. The van der Waals surface area contributed by atoms with Gasteiger partial charge in [0, 0.05) is 19.6 Å². The molecule has 2 rings (SSSR count). The second-order valence-corrected chi connectivity index (χ2v) is 4.69. The summed E-state index contributed by atoms with van der Waals surface area (Å²) >= 11 is 0. The molecule has 1 aromatic carbocycles. The second-order valence-electron chi connectivity index (χ2n) is 4.69. The Bertz CT molecular complexity index is 402. The number of benzene rings is 1. The van der Waals surface area contributed by atoms with Gasteiger partial charge in [-0.15, -0.1) is 24.0 Å². The van der Waals surface area contributed by atoms with E-state index in [0.29, 0.717) is 11.8 Å². The Morgan fingerprint density at radius 2 is 2.00 bits per heavy atom. The van der Waals surface area contributed by atoms with E-state index in [4.69, 9.17) is 0 Å². The van der Waals surface area contributed by atoms with Crippen molar-refractivity contribution < 1.29 is 5.11 Å². The van der Waals surface area contributed by atoms with Crippen LogP contribution in [0.25, 0.3) is 0 Å². The number of halogens is 1. The molecule has 3 N–H and O–H groups in total. The lowest BCUT2D eigenvalue weighted by Crippen LogP contribution is -2.39. The Labute approximate surface area is 131 Å². The number of aryl methyl sites for hydroxylation is 1. The molecule has 0 saturated heterocycles. The highest BCUT2D eigenvalue weighted by molar-refractivity contribution is 14.0. The molecule has 0 unspecified atom stereocenters. The van der Waals surface area contributed by atoms with Crippen molar-refractivity contribution in [2.24, 2.45) is 4.99 Å². The van der Waals surface area contributed by atoms with Crippen molar-refractivity contribution in [3.63, 3.8) is 0 Å². The molecule has 0 radical (unpaired) electrons. The number of nitrogens with zero attached hydrogens (tertiary/aromatic N) is 1. The molecule has 19 heavy (non-hydrogen) atoms. The molecule has 0 atom stereocenters. The summed E-state index contributed by atoms with van der Waals surface area (Å²) in [5.74, 6) is 1.23. The molecule has 0 spiro atoms. The molecule has 0 heterocycles. The van der Waals surface area contributed by atoms with Crippen LogP contribution >= 0.6 is 24.0 Å². The van der Waals surface area contributed by atoms with Crippen LogP contribution in [0.2, 0.25) is 0 Å². The summed E-state index contributed by atoms with van der Waals surface area (Å²) in [6, 6.07) is 8.03. The van der Waals surface area contributed by atoms with Crippen molar-refractivity contribution in [3.8, 4) is 5.75 Å². The van der Waals surface area contributed by atoms with Crippen molar-refractivity contribution in [3.05, 3.63) is 29.8 Å². The number of phenols is 1. The van der Waals surface area contributed by atoms with E-state index in [1.807, 2.05) is 12.1 Å². The minimum Gasteiger partial charge on any atom is -0.508 e. The van der Waals surface area contributed by atoms with Crippen molar-refractivity contribution in [2.45, 2.75) is 31.7 Å². The van der Waals surface area contributed by atoms with Gasteiger partial charge in [-0.25, -0.2) is 0 Å². The Balaban J connectivity index is 0.00000180. The first-order chi connectivity index (χ1) is 8.78. The molecule has 106 valence electrons. The van der Waals surface area contributed by atoms with Crippen LogP contribution in [0.3, 0.4) is 0 Å². The third-order valence-corrected chi connectivity index (χ3v) is 3.01. The Morgan fingerprint density at radius 1 is 1.32 bits per heavy atom. The minimum absolute atomic E-state index is 0. The van der Waals surface area contributed by atoms with Crippen molar-refractivity contribution >= 4 is 29.9 Å². The second kappa shape index (κ2) is 8.24. The highest BCUT2D eigenvalue weighted by Gasteiger charge is 2.21. The maximum absolute atomic E-state index is 9.19. The number of aliphatic imine (C=N–C) groups is 1. The van der Waals surface area contributed by atoms with Gasteiger partial charge in [0.15, 0.2) is 5.96 Å². The first-order valence-corrected chi connectivity index (χ1v) is 6.53. The summed E-state index contributed by atoms with van der Waals surface area (Å²) < 4.78 is 0. The summed E-state index contributed by atoms with van der Waals surface area (Å²) in [5, 5.41) is 15.9. The number of nitrogens with one attached hydrogen (secondary N) is 2. The summed E-state index contributed by atoms with van der Waals surface area (Å²) in [7, 11) is 1.80. The van der Waals surface area contributed by atoms with Crippen LogP contribution in [0.5, 0.6) is 5.75 Å². The zero-order valence-corrected chi connectivity index (χ0v) is 13.6. The fourth-order valence-electron chi connectivity index (χ4n) is 1.78. The van der Waals surface area contributed by atoms with Crippen LogP contribution in [0.4, 0.5) is 0 Å². The molecule has 5 heteroatoms. The van der Waals surface area contributed by atoms with E-state index in [1.54, 1.807) is 19.2 Å². The van der Waals surface area contributed by atoms with Crippen LogP contribution in [0, 0.1) is 0 Å². The van der Waals surface area contributed by atoms with E-state index in [1.165, 1.54) is 18.4 Å². The van der Waals surface area contributed by atoms with Gasteiger partial charge in [-0.1, -0.05) is 12.1 Å². The summed E-state index contributed by atoms with van der Waals surface area (Å²) in [4.78, 5) is 4.19. The third kappa shape index (κ3) is 6.13. The van der Waals surface area contributed by atoms with Gasteiger partial charge in [0.05, 0.1) is 0 Å². The first kappa shape index (κ1) is 16.1. The van der Waals surface area contributed by atoms with Crippen molar-refractivity contribution in [1.82, 2.24) is 10.6 Å². The average molecular weight is 375 g/mol. The SMILES string of the molecule is CN=C(NCCCc1ccc(O)cc1)NC1CC1.I. The topological polar surface area (TPSA) is 56.7 Å². The van der Waals surface area contributed by atoms with Crippen molar-refractivity contribution in [1.29, 1.82) is 0 Å². The lowest BCUT2D eigenvalue weighted by molar-refractivity contribution is 0.475. The monoisotopic (exact) mass is 375 g/mol. The largest absolute Gasteiger partial charge is 0.508 e. The van der Waals surface area contributed by atoms with Gasteiger partial charge in [0.1, 0.15) is 5.75 Å². The van der Waals surface area contributed by atoms with Crippen LogP contribution in [0.15, 0.2) is 29.3 Å². The smallest absolute Gasteiger partial charge is 0.191 e. The van der Waals surface area contributed by atoms with Gasteiger partial charge in [-0.3, -0.25) is 4.99 Å². The fourth-order valence-corrected chi connectivity index (χ4v) is 1.78. The van der Waals surface area contributed by atoms with Gasteiger partial charge in [-0.2, -0.15) is 0 Å². The van der Waals surface area contributed by atoms with E-state index >= 15 is 0 Å². The van der Waals surface area contributed by atoms with E-state index in [9.17, 15) is 5.11 Å². The number of hydrogen-bond donors (Lipinski definition) is 3. The lowest BCUT2D eigenvalue weighted by atomic mass is 10.1. The predicted molar refractivity (Wildman–Crippen MR) is 89.4 cm³/mol. The lowest BCUT2D eigenvalue weighted by Gasteiger charge is -2.10. The van der Waals surface area contributed by atoms with Crippen molar-refractivity contribution in [2.75, 3.05) is 13.6 Å². The fraction of sp³-hybridized carbons (Fsp3) is 0.500. The molecule has 0 amide bonds. The number of phenolic OH excluding ortho intramolecular Hbond substituents is 1. The van der Waals surface area contributed by atoms with Crippen LogP contribution < -0.4 is 10.6 Å². The Hall–Kier alpha value is -0.980. The molecular weight excluding hydrogens is 353 g/mol. The number of guanidine groups is 1. The quantitative estimate of drug-likeness (QED) is 0.320. The molecule has 1 aliphatic rings. The highest BCUT2D eigenvalue weighted by atomic mass is 127. The van der Waals surface area contributed by atoms with Crippen LogP contribution in [0.1, 0.15) is 24.8 Å². The molecule has 0 aliphatic heterocycles. The molecular formula is C14H22IN3O. The van der Waals surface area contributed by atoms with Gasteiger partial charge >= 0.3 is 0 Å². The number of aromatic hydroxyl groups is 1. The molecule has 0 aromatic heterocycles. The third-order valence-electron chi connectivity index (χ3n) is 3.01. The van der Waals surface area contributed by atoms with E-state index in [-0.39, 0.29) is 24.0 Å². The van der Waals surface area contributed by atoms with E-state index in [0.717, 1.165) is 25.3 Å². The van der Waals surface area contributed by atoms with E-state index < -0.39 is 0 Å². The number of hydrogen-bond acceptors (Lipinski definition) is 2. The van der Waals surface area contributed by atoms with Gasteiger partial charge < -0.3 is 15.7 Å². The normalized spacial score (nSPS) is 14.7. The molecule has 1 fully saturated rings. The van der Waals surface area contributed by atoms with Gasteiger partial charge in [-0.05, 0) is 43.4 Å².